The monoisotopic (exact) mass is 426 g/mol. The van der Waals surface area contributed by atoms with Crippen LogP contribution in [0.2, 0.25) is 0 Å². The van der Waals surface area contributed by atoms with Crippen LogP contribution in [-0.2, 0) is 17.8 Å². The topological polar surface area (TPSA) is 129 Å². The van der Waals surface area contributed by atoms with Crippen LogP contribution in [0.15, 0.2) is 48.5 Å². The number of carbonyl (C=O) groups is 1. The van der Waals surface area contributed by atoms with Gasteiger partial charge < -0.3 is 19.9 Å². The molecule has 3 aromatic rings. The maximum absolute atomic E-state index is 12.1. The molecule has 1 aromatic heterocycles. The number of nitro benzene ring substituents is 1. The van der Waals surface area contributed by atoms with Gasteiger partial charge in [0.05, 0.1) is 30.0 Å². The third kappa shape index (κ3) is 4.98. The third-order valence-electron chi connectivity index (χ3n) is 4.65. The summed E-state index contributed by atoms with van der Waals surface area (Å²) in [7, 11) is 3.07. The van der Waals surface area contributed by atoms with Crippen molar-refractivity contribution in [2.24, 2.45) is 0 Å². The second-order valence-corrected chi connectivity index (χ2v) is 6.60. The smallest absolute Gasteiger partial charge is 0.354 e. The molecule has 10 heteroatoms. The lowest BCUT2D eigenvalue weighted by Gasteiger charge is -2.09. The van der Waals surface area contributed by atoms with Gasteiger partial charge in [-0.05, 0) is 42.8 Å². The average molecular weight is 426 g/mol. The number of aromatic carboxylic acids is 1. The molecule has 2 aromatic carbocycles. The number of nitrogens with zero attached hydrogens (tertiary/aromatic N) is 3. The average Bonchev–Trinajstić information content (AvgIpc) is 3.13. The van der Waals surface area contributed by atoms with Crippen molar-refractivity contribution in [2.45, 2.75) is 13.0 Å². The fourth-order valence-corrected chi connectivity index (χ4v) is 3.17. The van der Waals surface area contributed by atoms with E-state index in [0.717, 1.165) is 0 Å². The van der Waals surface area contributed by atoms with Gasteiger partial charge in [-0.2, -0.15) is 5.10 Å². The quantitative estimate of drug-likeness (QED) is 0.373. The highest BCUT2D eigenvalue weighted by Gasteiger charge is 2.24. The van der Waals surface area contributed by atoms with Crippen LogP contribution in [0.3, 0.4) is 0 Å². The van der Waals surface area contributed by atoms with Crippen molar-refractivity contribution in [3.63, 3.8) is 0 Å². The number of methoxy groups -OCH3 is 2. The van der Waals surface area contributed by atoms with Gasteiger partial charge in [0.1, 0.15) is 5.75 Å². The van der Waals surface area contributed by atoms with Gasteiger partial charge in [-0.15, -0.1) is 0 Å². The molecule has 0 radical (unpaired) electrons. The number of ether oxygens (including phenoxy) is 2. The number of nitrogens with one attached hydrogen (secondary N) is 1. The van der Waals surface area contributed by atoms with E-state index in [1.165, 1.54) is 23.9 Å². The summed E-state index contributed by atoms with van der Waals surface area (Å²) in [4.78, 5) is 22.4. The highest BCUT2D eigenvalue weighted by Crippen LogP contribution is 2.23. The summed E-state index contributed by atoms with van der Waals surface area (Å²) in [6.45, 7) is 0.569. The minimum atomic E-state index is -1.10. The number of aromatic nitrogens is 2. The molecule has 3 rings (SSSR count). The van der Waals surface area contributed by atoms with Crippen LogP contribution in [0, 0.1) is 10.1 Å². The van der Waals surface area contributed by atoms with E-state index < -0.39 is 10.9 Å². The molecule has 0 saturated heterocycles. The van der Waals surface area contributed by atoms with Crippen molar-refractivity contribution < 1.29 is 24.3 Å². The van der Waals surface area contributed by atoms with E-state index >= 15 is 0 Å². The maximum Gasteiger partial charge on any atom is 0.354 e. The Balaban J connectivity index is 1.86. The number of rotatable bonds is 10. The predicted molar refractivity (Wildman–Crippen MR) is 113 cm³/mol. The van der Waals surface area contributed by atoms with E-state index in [1.807, 2.05) is 0 Å². The van der Waals surface area contributed by atoms with Crippen LogP contribution in [-0.4, -0.2) is 46.5 Å². The van der Waals surface area contributed by atoms with Gasteiger partial charge in [0.25, 0.3) is 5.69 Å². The second-order valence-electron chi connectivity index (χ2n) is 6.60. The molecule has 0 unspecified atom stereocenters. The van der Waals surface area contributed by atoms with E-state index in [1.54, 1.807) is 43.5 Å². The van der Waals surface area contributed by atoms with Crippen LogP contribution in [0.25, 0.3) is 5.69 Å². The van der Waals surface area contributed by atoms with Crippen LogP contribution in [0.1, 0.15) is 21.7 Å². The van der Waals surface area contributed by atoms with E-state index in [0.29, 0.717) is 41.3 Å². The highest BCUT2D eigenvalue weighted by atomic mass is 16.6. The van der Waals surface area contributed by atoms with Gasteiger partial charge in [0.2, 0.25) is 0 Å². The van der Waals surface area contributed by atoms with E-state index in [2.05, 4.69) is 10.4 Å². The summed E-state index contributed by atoms with van der Waals surface area (Å²) in [5.41, 5.74) is 2.42. The number of hydrogen-bond acceptors (Lipinski definition) is 7. The number of hydrogen-bond donors (Lipinski definition) is 2. The summed E-state index contributed by atoms with van der Waals surface area (Å²) >= 11 is 0. The number of anilines is 1. The first-order valence-electron chi connectivity index (χ1n) is 9.40. The van der Waals surface area contributed by atoms with Gasteiger partial charge in [-0.3, -0.25) is 10.1 Å². The summed E-state index contributed by atoms with van der Waals surface area (Å²) < 4.78 is 11.8. The zero-order valence-corrected chi connectivity index (χ0v) is 17.1. The SMILES string of the molecule is COCc1nn(-c2ccc(OC)cc2)c(C(=O)O)c1CCNc1ccc([N+](=O)[O-])cc1. The normalized spacial score (nSPS) is 10.6. The van der Waals surface area contributed by atoms with Crippen molar-refractivity contribution in [1.29, 1.82) is 0 Å². The van der Waals surface area contributed by atoms with Crippen molar-refractivity contribution in [1.82, 2.24) is 9.78 Å². The van der Waals surface area contributed by atoms with Crippen LogP contribution >= 0.6 is 0 Å². The van der Waals surface area contributed by atoms with Gasteiger partial charge in [0, 0.05) is 37.0 Å². The largest absolute Gasteiger partial charge is 0.497 e. The highest BCUT2D eigenvalue weighted by molar-refractivity contribution is 5.88. The Kier molecular flexibility index (Phi) is 6.83. The van der Waals surface area contributed by atoms with Crippen LogP contribution in [0.5, 0.6) is 5.75 Å². The lowest BCUT2D eigenvalue weighted by atomic mass is 10.1. The van der Waals surface area contributed by atoms with Crippen molar-refractivity contribution in [3.8, 4) is 11.4 Å². The van der Waals surface area contributed by atoms with E-state index in [4.69, 9.17) is 9.47 Å². The minimum absolute atomic E-state index is 0.00172. The molecule has 0 atom stereocenters. The Morgan fingerprint density at radius 3 is 2.39 bits per heavy atom. The Morgan fingerprint density at radius 2 is 1.84 bits per heavy atom. The second kappa shape index (κ2) is 9.72. The Morgan fingerprint density at radius 1 is 1.16 bits per heavy atom. The number of benzene rings is 2. The number of carboxylic acids is 1. The molecule has 0 fully saturated rings. The Bertz CT molecular complexity index is 1060. The lowest BCUT2D eigenvalue weighted by Crippen LogP contribution is -2.13. The summed E-state index contributed by atoms with van der Waals surface area (Å²) in [5, 5.41) is 28.3. The van der Waals surface area contributed by atoms with Crippen LogP contribution < -0.4 is 10.1 Å². The van der Waals surface area contributed by atoms with Crippen LogP contribution in [0.4, 0.5) is 11.4 Å². The first-order chi connectivity index (χ1) is 14.9. The van der Waals surface area contributed by atoms with Crippen molar-refractivity contribution >= 4 is 17.3 Å². The molecule has 162 valence electrons. The van der Waals surface area contributed by atoms with Gasteiger partial charge in [0.15, 0.2) is 5.69 Å². The fourth-order valence-electron chi connectivity index (χ4n) is 3.17. The third-order valence-corrected chi connectivity index (χ3v) is 4.65. The molecule has 0 aliphatic heterocycles. The van der Waals surface area contributed by atoms with Crippen molar-refractivity contribution in [2.75, 3.05) is 26.1 Å². The molecule has 0 amide bonds. The molecular formula is C21H22N4O6. The van der Waals surface area contributed by atoms with E-state index in [9.17, 15) is 20.0 Å². The molecule has 31 heavy (non-hydrogen) atoms. The number of non-ortho nitro benzene ring substituents is 1. The summed E-state index contributed by atoms with van der Waals surface area (Å²) in [5.74, 6) is -0.451. The maximum atomic E-state index is 12.1. The molecule has 0 saturated carbocycles. The Hall–Kier alpha value is -3.92. The van der Waals surface area contributed by atoms with E-state index in [-0.39, 0.29) is 18.0 Å². The van der Waals surface area contributed by atoms with Gasteiger partial charge in [-0.25, -0.2) is 9.48 Å². The first-order valence-corrected chi connectivity index (χ1v) is 9.40. The zero-order chi connectivity index (χ0) is 22.4. The molecule has 0 bridgehead atoms. The lowest BCUT2D eigenvalue weighted by molar-refractivity contribution is -0.384. The fraction of sp³-hybridized carbons (Fsp3) is 0.238. The molecule has 0 aliphatic carbocycles. The number of carboxylic acid groups (broad SMARTS) is 1. The minimum Gasteiger partial charge on any atom is -0.497 e. The van der Waals surface area contributed by atoms with Gasteiger partial charge in [-0.1, -0.05) is 0 Å². The first kappa shape index (κ1) is 21.8. The summed E-state index contributed by atoms with van der Waals surface area (Å²) in [6, 6.07) is 12.9. The molecular weight excluding hydrogens is 404 g/mol. The van der Waals surface area contributed by atoms with Crippen molar-refractivity contribution in [3.05, 3.63) is 75.6 Å². The predicted octanol–water partition coefficient (Wildman–Crippen LogP) is 3.29. The molecule has 10 nitrogen and oxygen atoms in total. The van der Waals surface area contributed by atoms with Gasteiger partial charge >= 0.3 is 5.97 Å². The molecule has 1 heterocycles. The molecule has 0 aliphatic rings. The zero-order valence-electron chi connectivity index (χ0n) is 17.1. The molecule has 2 N–H and O–H groups in total. The standard InChI is InChI=1S/C21H22N4O6/c1-30-13-19-18(11-12-22-14-3-5-16(6-4-14)25(28)29)20(21(26)27)24(23-19)15-7-9-17(31-2)10-8-15/h3-10,22H,11-13H2,1-2H3,(H,26,27). The Labute approximate surface area is 178 Å². The summed E-state index contributed by atoms with van der Waals surface area (Å²) in [6.07, 6.45) is 0.369. The molecule has 0 spiro atoms. The number of nitro groups is 1.